The molecular weight excluding hydrogens is 214 g/mol. The fourth-order valence-corrected chi connectivity index (χ4v) is 1.36. The normalized spacial score (nSPS) is 12.4. The molecule has 3 heteroatoms. The molecule has 3 nitrogen and oxygen atoms in total. The second kappa shape index (κ2) is 9.02. The third kappa shape index (κ3) is 6.97. The minimum Gasteiger partial charge on any atom is -0.491 e. The maximum Gasteiger partial charge on any atom is 0.119 e. The van der Waals surface area contributed by atoms with E-state index in [0.717, 1.165) is 25.3 Å². The van der Waals surface area contributed by atoms with Crippen LogP contribution >= 0.6 is 0 Å². The molecule has 0 fully saturated rings. The van der Waals surface area contributed by atoms with Crippen LogP contribution < -0.4 is 10.1 Å². The molecule has 0 aliphatic carbocycles. The van der Waals surface area contributed by atoms with Gasteiger partial charge in [0.2, 0.25) is 0 Å². The summed E-state index contributed by atoms with van der Waals surface area (Å²) in [4.78, 5) is 0. The molecule has 1 rings (SSSR count). The van der Waals surface area contributed by atoms with Crippen LogP contribution in [0.4, 0.5) is 0 Å². The van der Waals surface area contributed by atoms with Gasteiger partial charge in [-0.15, -0.1) is 0 Å². The smallest absolute Gasteiger partial charge is 0.119 e. The highest BCUT2D eigenvalue weighted by Crippen LogP contribution is 2.07. The first-order valence-electron chi connectivity index (χ1n) is 6.32. The molecule has 0 saturated heterocycles. The van der Waals surface area contributed by atoms with E-state index in [9.17, 15) is 0 Å². The van der Waals surface area contributed by atoms with Crippen LogP contribution in [-0.2, 0) is 4.74 Å². The second-order valence-electron chi connectivity index (χ2n) is 4.04. The molecule has 0 saturated carbocycles. The van der Waals surface area contributed by atoms with Crippen LogP contribution in [0.3, 0.4) is 0 Å². The minimum absolute atomic E-state index is 0.569. The summed E-state index contributed by atoms with van der Waals surface area (Å²) in [6, 6.07) is 10.4. The summed E-state index contributed by atoms with van der Waals surface area (Å²) in [7, 11) is 0. The van der Waals surface area contributed by atoms with Crippen LogP contribution in [0.15, 0.2) is 30.3 Å². The molecule has 0 aliphatic heterocycles. The van der Waals surface area contributed by atoms with Crippen molar-refractivity contribution < 1.29 is 9.47 Å². The van der Waals surface area contributed by atoms with E-state index in [1.807, 2.05) is 30.3 Å². The van der Waals surface area contributed by atoms with E-state index in [2.05, 4.69) is 19.2 Å². The molecule has 1 N–H and O–H groups in total. The number of benzene rings is 1. The minimum atomic E-state index is 0.569. The van der Waals surface area contributed by atoms with Crippen molar-refractivity contribution in [1.82, 2.24) is 5.32 Å². The lowest BCUT2D eigenvalue weighted by Crippen LogP contribution is -2.29. The second-order valence-corrected chi connectivity index (χ2v) is 4.04. The highest BCUT2D eigenvalue weighted by atomic mass is 16.5. The summed E-state index contributed by atoms with van der Waals surface area (Å²) < 4.78 is 11.0. The standard InChI is InChI=1S/C14H23NO2/c1-3-13(2)15-9-10-16-11-12-17-14-7-5-4-6-8-14/h4-8,13,15H,3,9-12H2,1-2H3. The zero-order chi connectivity index (χ0) is 12.3. The van der Waals surface area contributed by atoms with E-state index >= 15 is 0 Å². The van der Waals surface area contributed by atoms with Gasteiger partial charge in [-0.2, -0.15) is 0 Å². The van der Waals surface area contributed by atoms with Gasteiger partial charge in [-0.25, -0.2) is 0 Å². The first-order chi connectivity index (χ1) is 8.33. The van der Waals surface area contributed by atoms with E-state index < -0.39 is 0 Å². The molecule has 17 heavy (non-hydrogen) atoms. The average molecular weight is 237 g/mol. The zero-order valence-corrected chi connectivity index (χ0v) is 10.8. The van der Waals surface area contributed by atoms with Gasteiger partial charge in [0.15, 0.2) is 0 Å². The van der Waals surface area contributed by atoms with Crippen LogP contribution in [0.5, 0.6) is 5.75 Å². The lowest BCUT2D eigenvalue weighted by molar-refractivity contribution is 0.100. The van der Waals surface area contributed by atoms with Crippen molar-refractivity contribution in [2.75, 3.05) is 26.4 Å². The maximum atomic E-state index is 5.51. The summed E-state index contributed by atoms with van der Waals surface area (Å²) in [5.74, 6) is 0.897. The molecule has 0 bridgehead atoms. The van der Waals surface area contributed by atoms with Gasteiger partial charge in [0, 0.05) is 12.6 Å². The summed E-state index contributed by atoms with van der Waals surface area (Å²) in [5.41, 5.74) is 0. The average Bonchev–Trinajstić information content (AvgIpc) is 2.38. The molecule has 0 heterocycles. The number of hydrogen-bond donors (Lipinski definition) is 1. The quantitative estimate of drug-likeness (QED) is 0.669. The van der Waals surface area contributed by atoms with E-state index in [4.69, 9.17) is 9.47 Å². The van der Waals surface area contributed by atoms with Crippen molar-refractivity contribution in [2.45, 2.75) is 26.3 Å². The molecule has 0 aromatic heterocycles. The summed E-state index contributed by atoms with van der Waals surface area (Å²) >= 11 is 0. The molecule has 0 spiro atoms. The van der Waals surface area contributed by atoms with Crippen molar-refractivity contribution in [3.8, 4) is 5.75 Å². The summed E-state index contributed by atoms with van der Waals surface area (Å²) in [6.07, 6.45) is 1.15. The Morgan fingerprint density at radius 2 is 1.88 bits per heavy atom. The van der Waals surface area contributed by atoms with E-state index in [-0.39, 0.29) is 0 Å². The summed E-state index contributed by atoms with van der Waals surface area (Å²) in [5, 5.41) is 3.38. The van der Waals surface area contributed by atoms with E-state index in [0.29, 0.717) is 19.3 Å². The van der Waals surface area contributed by atoms with Crippen molar-refractivity contribution in [3.63, 3.8) is 0 Å². The first-order valence-corrected chi connectivity index (χ1v) is 6.32. The van der Waals surface area contributed by atoms with Gasteiger partial charge in [0.25, 0.3) is 0 Å². The van der Waals surface area contributed by atoms with Crippen LogP contribution in [0.25, 0.3) is 0 Å². The predicted molar refractivity (Wildman–Crippen MR) is 70.5 cm³/mol. The molecule has 1 atom stereocenters. The zero-order valence-electron chi connectivity index (χ0n) is 10.8. The lowest BCUT2D eigenvalue weighted by atomic mass is 10.3. The van der Waals surface area contributed by atoms with Crippen molar-refractivity contribution in [3.05, 3.63) is 30.3 Å². The highest BCUT2D eigenvalue weighted by molar-refractivity contribution is 5.20. The Balaban J connectivity index is 1.91. The molecule has 96 valence electrons. The fraction of sp³-hybridized carbons (Fsp3) is 0.571. The van der Waals surface area contributed by atoms with Crippen molar-refractivity contribution in [1.29, 1.82) is 0 Å². The van der Waals surface area contributed by atoms with Gasteiger partial charge < -0.3 is 14.8 Å². The van der Waals surface area contributed by atoms with Gasteiger partial charge in [0.1, 0.15) is 12.4 Å². The molecule has 0 radical (unpaired) electrons. The number of nitrogens with one attached hydrogen (secondary N) is 1. The van der Waals surface area contributed by atoms with E-state index in [1.54, 1.807) is 0 Å². The third-order valence-electron chi connectivity index (χ3n) is 2.59. The summed E-state index contributed by atoms with van der Waals surface area (Å²) in [6.45, 7) is 7.23. The van der Waals surface area contributed by atoms with Gasteiger partial charge in [-0.1, -0.05) is 25.1 Å². The van der Waals surface area contributed by atoms with Gasteiger partial charge >= 0.3 is 0 Å². The molecule has 1 aromatic rings. The monoisotopic (exact) mass is 237 g/mol. The van der Waals surface area contributed by atoms with E-state index in [1.165, 1.54) is 0 Å². The number of ether oxygens (including phenoxy) is 2. The number of para-hydroxylation sites is 1. The largest absolute Gasteiger partial charge is 0.491 e. The number of hydrogen-bond acceptors (Lipinski definition) is 3. The van der Waals surface area contributed by atoms with Crippen molar-refractivity contribution in [2.24, 2.45) is 0 Å². The Kier molecular flexibility index (Phi) is 7.43. The molecule has 0 aliphatic rings. The fourth-order valence-electron chi connectivity index (χ4n) is 1.36. The van der Waals surface area contributed by atoms with Gasteiger partial charge in [-0.3, -0.25) is 0 Å². The SMILES string of the molecule is CCC(C)NCCOCCOc1ccccc1. The number of rotatable bonds is 9. The van der Waals surface area contributed by atoms with Crippen LogP contribution in [0.1, 0.15) is 20.3 Å². The maximum absolute atomic E-state index is 5.51. The molecular formula is C14H23NO2. The van der Waals surface area contributed by atoms with Crippen LogP contribution in [0, 0.1) is 0 Å². The Hall–Kier alpha value is -1.06. The molecule has 0 amide bonds. The van der Waals surface area contributed by atoms with Gasteiger partial charge in [-0.05, 0) is 25.5 Å². The van der Waals surface area contributed by atoms with Crippen molar-refractivity contribution >= 4 is 0 Å². The lowest BCUT2D eigenvalue weighted by Gasteiger charge is -2.11. The molecule has 1 aromatic carbocycles. The Morgan fingerprint density at radius 3 is 2.59 bits per heavy atom. The van der Waals surface area contributed by atoms with Gasteiger partial charge in [0.05, 0.1) is 13.2 Å². The molecule has 1 unspecified atom stereocenters. The highest BCUT2D eigenvalue weighted by Gasteiger charge is 1.96. The predicted octanol–water partition coefficient (Wildman–Crippen LogP) is 2.47. The van der Waals surface area contributed by atoms with Crippen LogP contribution in [0.2, 0.25) is 0 Å². The Morgan fingerprint density at radius 1 is 1.12 bits per heavy atom. The van der Waals surface area contributed by atoms with Crippen LogP contribution in [-0.4, -0.2) is 32.4 Å². The Labute approximate surface area is 104 Å². The third-order valence-corrected chi connectivity index (χ3v) is 2.59. The first kappa shape index (κ1) is 14.0. The topological polar surface area (TPSA) is 30.5 Å². The Bertz CT molecular complexity index is 277.